The Hall–Kier alpha value is -1.11. The van der Waals surface area contributed by atoms with E-state index in [0.717, 1.165) is 31.5 Å². The van der Waals surface area contributed by atoms with E-state index in [2.05, 4.69) is 11.4 Å². The summed E-state index contributed by atoms with van der Waals surface area (Å²) >= 11 is 6.02. The van der Waals surface area contributed by atoms with E-state index in [-0.39, 0.29) is 5.82 Å². The number of piperidine rings is 1. The van der Waals surface area contributed by atoms with Gasteiger partial charge in [-0.1, -0.05) is 17.7 Å². The van der Waals surface area contributed by atoms with Gasteiger partial charge >= 0.3 is 0 Å². The van der Waals surface area contributed by atoms with E-state index >= 15 is 0 Å². The minimum atomic E-state index is -0.559. The summed E-state index contributed by atoms with van der Waals surface area (Å²) in [4.78, 5) is 0. The van der Waals surface area contributed by atoms with Crippen molar-refractivity contribution >= 4 is 11.6 Å². The molecule has 0 unspecified atom stereocenters. The summed E-state index contributed by atoms with van der Waals surface area (Å²) in [7, 11) is 0. The summed E-state index contributed by atoms with van der Waals surface area (Å²) in [5, 5.41) is 12.9. The summed E-state index contributed by atoms with van der Waals surface area (Å²) < 4.78 is 13.0. The SMILES string of the molecule is N#CC1(c2ccc(F)cc2Cl)CCNCC1. The van der Waals surface area contributed by atoms with Crippen molar-refractivity contribution in [3.05, 3.63) is 34.6 Å². The normalized spacial score (nSPS) is 19.1. The van der Waals surface area contributed by atoms with Crippen molar-refractivity contribution in [2.45, 2.75) is 18.3 Å². The number of hydrogen-bond donors (Lipinski definition) is 1. The van der Waals surface area contributed by atoms with Crippen LogP contribution < -0.4 is 5.32 Å². The van der Waals surface area contributed by atoms with Crippen LogP contribution in [0, 0.1) is 17.1 Å². The van der Waals surface area contributed by atoms with Gasteiger partial charge < -0.3 is 5.32 Å². The van der Waals surface area contributed by atoms with Gasteiger partial charge in [0.05, 0.1) is 11.5 Å². The van der Waals surface area contributed by atoms with Gasteiger partial charge in [0.2, 0.25) is 0 Å². The van der Waals surface area contributed by atoms with E-state index in [9.17, 15) is 9.65 Å². The van der Waals surface area contributed by atoms with Gasteiger partial charge in [-0.3, -0.25) is 0 Å². The third kappa shape index (κ3) is 1.91. The number of benzene rings is 1. The van der Waals surface area contributed by atoms with Crippen molar-refractivity contribution < 1.29 is 4.39 Å². The highest BCUT2D eigenvalue weighted by atomic mass is 35.5. The van der Waals surface area contributed by atoms with E-state index in [1.165, 1.54) is 12.1 Å². The highest BCUT2D eigenvalue weighted by Crippen LogP contribution is 2.37. The molecule has 0 aliphatic carbocycles. The minimum absolute atomic E-state index is 0.350. The maximum atomic E-state index is 13.0. The summed E-state index contributed by atoms with van der Waals surface area (Å²) in [5.74, 6) is -0.365. The van der Waals surface area contributed by atoms with Crippen LogP contribution in [0.2, 0.25) is 5.02 Å². The molecule has 0 aromatic heterocycles. The Morgan fingerprint density at radius 3 is 2.62 bits per heavy atom. The van der Waals surface area contributed by atoms with Gasteiger partial charge in [0.1, 0.15) is 5.82 Å². The average Bonchev–Trinajstić information content (AvgIpc) is 2.30. The maximum absolute atomic E-state index is 13.0. The summed E-state index contributed by atoms with van der Waals surface area (Å²) in [6.07, 6.45) is 1.43. The summed E-state index contributed by atoms with van der Waals surface area (Å²) in [6, 6.07) is 6.62. The molecule has 0 saturated carbocycles. The van der Waals surface area contributed by atoms with Crippen LogP contribution in [0.4, 0.5) is 4.39 Å². The second-order valence-electron chi connectivity index (χ2n) is 4.07. The van der Waals surface area contributed by atoms with Gasteiger partial charge in [-0.2, -0.15) is 5.26 Å². The molecule has 0 amide bonds. The Labute approximate surface area is 99.0 Å². The smallest absolute Gasteiger partial charge is 0.124 e. The fraction of sp³-hybridized carbons (Fsp3) is 0.417. The third-order valence-electron chi connectivity index (χ3n) is 3.12. The largest absolute Gasteiger partial charge is 0.317 e. The monoisotopic (exact) mass is 238 g/mol. The minimum Gasteiger partial charge on any atom is -0.317 e. The fourth-order valence-electron chi connectivity index (χ4n) is 2.17. The topological polar surface area (TPSA) is 35.8 Å². The maximum Gasteiger partial charge on any atom is 0.124 e. The van der Waals surface area contributed by atoms with Gasteiger partial charge in [-0.05, 0) is 43.6 Å². The zero-order valence-electron chi connectivity index (χ0n) is 8.76. The highest BCUT2D eigenvalue weighted by molar-refractivity contribution is 6.31. The van der Waals surface area contributed by atoms with Crippen LogP contribution in [0.25, 0.3) is 0 Å². The lowest BCUT2D eigenvalue weighted by molar-refractivity contribution is 0.382. The molecule has 4 heteroatoms. The zero-order valence-corrected chi connectivity index (χ0v) is 9.52. The Morgan fingerprint density at radius 1 is 1.38 bits per heavy atom. The highest BCUT2D eigenvalue weighted by Gasteiger charge is 2.35. The molecule has 2 rings (SSSR count). The first-order valence-electron chi connectivity index (χ1n) is 5.25. The van der Waals surface area contributed by atoms with Gasteiger partial charge in [-0.25, -0.2) is 4.39 Å². The molecule has 1 aliphatic rings. The molecule has 1 heterocycles. The van der Waals surface area contributed by atoms with E-state index in [0.29, 0.717) is 5.02 Å². The van der Waals surface area contributed by atoms with Crippen LogP contribution in [0.3, 0.4) is 0 Å². The number of nitrogens with zero attached hydrogens (tertiary/aromatic N) is 1. The molecule has 16 heavy (non-hydrogen) atoms. The molecular weight excluding hydrogens is 227 g/mol. The summed E-state index contributed by atoms with van der Waals surface area (Å²) in [5.41, 5.74) is 0.190. The predicted octanol–water partition coefficient (Wildman–Crippen LogP) is 2.62. The Morgan fingerprint density at radius 2 is 2.06 bits per heavy atom. The molecule has 84 valence electrons. The van der Waals surface area contributed by atoms with Crippen molar-refractivity contribution in [3.8, 4) is 6.07 Å². The molecule has 1 fully saturated rings. The lowest BCUT2D eigenvalue weighted by atomic mass is 9.74. The Kier molecular flexibility index (Phi) is 3.13. The Bertz CT molecular complexity index is 433. The first kappa shape index (κ1) is 11.4. The zero-order chi connectivity index (χ0) is 11.6. The lowest BCUT2D eigenvalue weighted by Crippen LogP contribution is -2.39. The Balaban J connectivity index is 2.44. The van der Waals surface area contributed by atoms with Crippen LogP contribution >= 0.6 is 11.6 Å². The quantitative estimate of drug-likeness (QED) is 0.817. The van der Waals surface area contributed by atoms with Crippen molar-refractivity contribution in [2.24, 2.45) is 0 Å². The number of rotatable bonds is 1. The molecule has 2 nitrogen and oxygen atoms in total. The molecule has 1 aliphatic heterocycles. The van der Waals surface area contributed by atoms with Gasteiger partial charge in [0, 0.05) is 5.02 Å². The molecular formula is C12H12ClFN2. The van der Waals surface area contributed by atoms with E-state index in [1.807, 2.05) is 0 Å². The standard InChI is InChI=1S/C12H12ClFN2/c13-11-7-9(14)1-2-10(11)12(8-15)3-5-16-6-4-12/h1-2,7,16H,3-6H2. The van der Waals surface area contributed by atoms with Crippen LogP contribution in [-0.2, 0) is 5.41 Å². The van der Waals surface area contributed by atoms with Crippen molar-refractivity contribution in [2.75, 3.05) is 13.1 Å². The average molecular weight is 239 g/mol. The molecule has 1 aromatic rings. The third-order valence-corrected chi connectivity index (χ3v) is 3.43. The first-order chi connectivity index (χ1) is 7.68. The van der Waals surface area contributed by atoms with E-state index in [4.69, 9.17) is 11.6 Å². The molecule has 1 aromatic carbocycles. The number of hydrogen-bond acceptors (Lipinski definition) is 2. The van der Waals surface area contributed by atoms with Crippen LogP contribution in [0.15, 0.2) is 18.2 Å². The number of nitriles is 1. The van der Waals surface area contributed by atoms with E-state index < -0.39 is 5.41 Å². The second kappa shape index (κ2) is 4.40. The lowest BCUT2D eigenvalue weighted by Gasteiger charge is -2.32. The van der Waals surface area contributed by atoms with Crippen molar-refractivity contribution in [3.63, 3.8) is 0 Å². The molecule has 0 radical (unpaired) electrons. The van der Waals surface area contributed by atoms with Gasteiger partial charge in [0.25, 0.3) is 0 Å². The van der Waals surface area contributed by atoms with Gasteiger partial charge in [-0.15, -0.1) is 0 Å². The number of halogens is 2. The fourth-order valence-corrected chi connectivity index (χ4v) is 2.52. The first-order valence-corrected chi connectivity index (χ1v) is 5.63. The summed E-state index contributed by atoms with van der Waals surface area (Å²) in [6.45, 7) is 1.59. The van der Waals surface area contributed by atoms with Crippen molar-refractivity contribution in [1.29, 1.82) is 5.26 Å². The predicted molar refractivity (Wildman–Crippen MR) is 60.8 cm³/mol. The van der Waals surface area contributed by atoms with E-state index in [1.54, 1.807) is 6.07 Å². The molecule has 1 saturated heterocycles. The van der Waals surface area contributed by atoms with Crippen LogP contribution in [0.1, 0.15) is 18.4 Å². The van der Waals surface area contributed by atoms with Crippen LogP contribution in [-0.4, -0.2) is 13.1 Å². The van der Waals surface area contributed by atoms with Crippen molar-refractivity contribution in [1.82, 2.24) is 5.32 Å². The van der Waals surface area contributed by atoms with Gasteiger partial charge in [0.15, 0.2) is 0 Å². The molecule has 0 spiro atoms. The molecule has 0 bridgehead atoms. The molecule has 0 atom stereocenters. The number of nitrogens with one attached hydrogen (secondary N) is 1. The molecule has 1 N–H and O–H groups in total. The second-order valence-corrected chi connectivity index (χ2v) is 4.48. The van der Waals surface area contributed by atoms with Crippen LogP contribution in [0.5, 0.6) is 0 Å².